The summed E-state index contributed by atoms with van der Waals surface area (Å²) in [4.78, 5) is 13.0. The van der Waals surface area contributed by atoms with Gasteiger partial charge < -0.3 is 18.9 Å². The first-order chi connectivity index (χ1) is 16.4. The molecule has 1 heterocycles. The maximum absolute atomic E-state index is 13.0. The lowest BCUT2D eigenvalue weighted by molar-refractivity contribution is 0.151. The Morgan fingerprint density at radius 3 is 2.15 bits per heavy atom. The Bertz CT molecular complexity index is 1210. The third-order valence-electron chi connectivity index (χ3n) is 4.93. The van der Waals surface area contributed by atoms with Crippen molar-refractivity contribution in [1.29, 1.82) is 0 Å². The van der Waals surface area contributed by atoms with Crippen LogP contribution in [0.2, 0.25) is 0 Å². The third-order valence-corrected chi connectivity index (χ3v) is 5.94. The van der Waals surface area contributed by atoms with Crippen LogP contribution in [0.1, 0.15) is 11.1 Å². The SMILES string of the molecule is CS(=O)(=O)N(C(=O)OCc1ccccc1)c1cc(OC[C@@H]2CO2)ccc1OCc1ccccc1. The summed E-state index contributed by atoms with van der Waals surface area (Å²) < 4.78 is 48.1. The van der Waals surface area contributed by atoms with Gasteiger partial charge in [-0.15, -0.1) is 0 Å². The molecule has 0 aromatic heterocycles. The molecule has 0 aliphatic carbocycles. The Morgan fingerprint density at radius 2 is 1.56 bits per heavy atom. The number of rotatable bonds is 10. The molecule has 1 aliphatic rings. The van der Waals surface area contributed by atoms with Crippen molar-refractivity contribution in [2.45, 2.75) is 19.3 Å². The molecule has 0 bridgehead atoms. The Labute approximate surface area is 198 Å². The molecule has 0 N–H and O–H groups in total. The van der Waals surface area contributed by atoms with Crippen LogP contribution in [-0.4, -0.2) is 40.1 Å². The van der Waals surface area contributed by atoms with Gasteiger partial charge in [-0.3, -0.25) is 0 Å². The molecule has 0 radical (unpaired) electrons. The van der Waals surface area contributed by atoms with E-state index in [0.29, 0.717) is 23.3 Å². The van der Waals surface area contributed by atoms with Crippen LogP contribution < -0.4 is 13.8 Å². The van der Waals surface area contributed by atoms with Crippen molar-refractivity contribution in [2.24, 2.45) is 0 Å². The minimum Gasteiger partial charge on any atom is -0.491 e. The van der Waals surface area contributed by atoms with Crippen molar-refractivity contribution in [3.8, 4) is 11.5 Å². The quantitative estimate of drug-likeness (QED) is 0.400. The zero-order chi connectivity index (χ0) is 24.0. The largest absolute Gasteiger partial charge is 0.491 e. The molecule has 0 saturated carbocycles. The minimum atomic E-state index is -4.06. The summed E-state index contributed by atoms with van der Waals surface area (Å²) in [5.41, 5.74) is 1.62. The predicted molar refractivity (Wildman–Crippen MR) is 126 cm³/mol. The summed E-state index contributed by atoms with van der Waals surface area (Å²) in [7, 11) is -4.06. The summed E-state index contributed by atoms with van der Waals surface area (Å²) in [6.07, 6.45) is -0.0959. The number of epoxide rings is 1. The number of hydrogen-bond donors (Lipinski definition) is 0. The van der Waals surface area contributed by atoms with E-state index in [1.54, 1.807) is 36.4 Å². The van der Waals surface area contributed by atoms with Crippen molar-refractivity contribution in [3.63, 3.8) is 0 Å². The van der Waals surface area contributed by atoms with Gasteiger partial charge in [0, 0.05) is 6.07 Å². The van der Waals surface area contributed by atoms with E-state index in [9.17, 15) is 13.2 Å². The summed E-state index contributed by atoms with van der Waals surface area (Å²) in [6.45, 7) is 1.04. The van der Waals surface area contributed by atoms with Crippen LogP contribution in [0.25, 0.3) is 0 Å². The summed E-state index contributed by atoms with van der Waals surface area (Å²) in [5, 5.41) is 0. The predicted octanol–water partition coefficient (Wildman–Crippen LogP) is 4.15. The number of amides is 1. The van der Waals surface area contributed by atoms with Gasteiger partial charge in [-0.05, 0) is 23.3 Å². The highest BCUT2D eigenvalue weighted by atomic mass is 32.2. The smallest absolute Gasteiger partial charge is 0.428 e. The molecular formula is C25H25NO7S. The lowest BCUT2D eigenvalue weighted by atomic mass is 10.2. The second-order valence-corrected chi connectivity index (χ2v) is 9.57. The number of anilines is 1. The molecule has 0 spiro atoms. The fourth-order valence-corrected chi connectivity index (χ4v) is 3.97. The van der Waals surface area contributed by atoms with E-state index in [1.807, 2.05) is 36.4 Å². The van der Waals surface area contributed by atoms with Gasteiger partial charge in [-0.1, -0.05) is 60.7 Å². The topological polar surface area (TPSA) is 94.7 Å². The Kier molecular flexibility index (Phi) is 7.34. The fraction of sp³-hybridized carbons (Fsp3) is 0.240. The highest BCUT2D eigenvalue weighted by Crippen LogP contribution is 2.35. The van der Waals surface area contributed by atoms with Crippen LogP contribution in [0.15, 0.2) is 78.9 Å². The Morgan fingerprint density at radius 1 is 0.941 bits per heavy atom. The molecule has 34 heavy (non-hydrogen) atoms. The Hall–Kier alpha value is -3.56. The van der Waals surface area contributed by atoms with Gasteiger partial charge in [0.05, 0.1) is 12.9 Å². The molecule has 3 aromatic rings. The van der Waals surface area contributed by atoms with Crippen molar-refractivity contribution in [2.75, 3.05) is 23.8 Å². The van der Waals surface area contributed by atoms with E-state index in [-0.39, 0.29) is 30.8 Å². The van der Waals surface area contributed by atoms with Gasteiger partial charge in [-0.25, -0.2) is 13.2 Å². The zero-order valence-corrected chi connectivity index (χ0v) is 19.4. The summed E-state index contributed by atoms with van der Waals surface area (Å²) in [6, 6.07) is 23.1. The van der Waals surface area contributed by atoms with Crippen LogP contribution in [0.4, 0.5) is 10.5 Å². The van der Waals surface area contributed by atoms with Gasteiger partial charge in [0.25, 0.3) is 0 Å². The van der Waals surface area contributed by atoms with E-state index in [1.165, 1.54) is 6.07 Å². The first-order valence-electron chi connectivity index (χ1n) is 10.7. The lowest BCUT2D eigenvalue weighted by Crippen LogP contribution is -2.37. The van der Waals surface area contributed by atoms with Crippen molar-refractivity contribution in [3.05, 3.63) is 90.0 Å². The van der Waals surface area contributed by atoms with E-state index >= 15 is 0 Å². The number of sulfonamides is 1. The number of carbonyl (C=O) groups excluding carboxylic acids is 1. The van der Waals surface area contributed by atoms with Crippen LogP contribution >= 0.6 is 0 Å². The van der Waals surface area contributed by atoms with E-state index in [4.69, 9.17) is 18.9 Å². The van der Waals surface area contributed by atoms with Gasteiger partial charge in [-0.2, -0.15) is 4.31 Å². The fourth-order valence-electron chi connectivity index (χ4n) is 3.15. The van der Waals surface area contributed by atoms with Crippen LogP contribution in [-0.2, 0) is 32.7 Å². The van der Waals surface area contributed by atoms with Gasteiger partial charge in [0.1, 0.15) is 43.1 Å². The van der Waals surface area contributed by atoms with Crippen LogP contribution in [0, 0.1) is 0 Å². The lowest BCUT2D eigenvalue weighted by Gasteiger charge is -2.23. The van der Waals surface area contributed by atoms with Gasteiger partial charge in [0.2, 0.25) is 10.0 Å². The maximum atomic E-state index is 13.0. The standard InChI is InChI=1S/C25H25NO7S/c1-34(28,29)26(25(27)33-16-20-10-6-3-7-11-20)23-14-21(30-17-22-18-31-22)12-13-24(23)32-15-19-8-4-2-5-9-19/h2-14,22H,15-18H2,1H3/t22-/m1/s1. The maximum Gasteiger partial charge on any atom is 0.428 e. The van der Waals surface area contributed by atoms with Gasteiger partial charge >= 0.3 is 6.09 Å². The van der Waals surface area contributed by atoms with Crippen molar-refractivity contribution >= 4 is 21.8 Å². The first-order valence-corrected chi connectivity index (χ1v) is 12.5. The summed E-state index contributed by atoms with van der Waals surface area (Å²) in [5.74, 6) is 0.572. The van der Waals surface area contributed by atoms with Crippen molar-refractivity contribution < 1.29 is 32.2 Å². The third kappa shape index (κ3) is 6.49. The molecule has 178 valence electrons. The van der Waals surface area contributed by atoms with Crippen molar-refractivity contribution in [1.82, 2.24) is 0 Å². The molecule has 3 aromatic carbocycles. The van der Waals surface area contributed by atoms with E-state index in [0.717, 1.165) is 17.4 Å². The Balaban J connectivity index is 1.61. The molecule has 0 unspecified atom stereocenters. The first kappa shape index (κ1) is 23.6. The molecule has 1 amide bonds. The molecule has 1 saturated heterocycles. The number of ether oxygens (including phenoxy) is 4. The molecule has 8 nitrogen and oxygen atoms in total. The number of nitrogens with zero attached hydrogens (tertiary/aromatic N) is 1. The van der Waals surface area contributed by atoms with Crippen LogP contribution in [0.5, 0.6) is 11.5 Å². The molecular weight excluding hydrogens is 458 g/mol. The minimum absolute atomic E-state index is 0.00529. The van der Waals surface area contributed by atoms with Gasteiger partial charge in [0.15, 0.2) is 0 Å². The normalized spacial score (nSPS) is 14.8. The molecule has 1 aliphatic heterocycles. The molecule has 1 fully saturated rings. The average molecular weight is 484 g/mol. The zero-order valence-electron chi connectivity index (χ0n) is 18.6. The molecule has 1 atom stereocenters. The summed E-state index contributed by atoms with van der Waals surface area (Å²) >= 11 is 0. The highest BCUT2D eigenvalue weighted by molar-refractivity contribution is 7.92. The second-order valence-electron chi connectivity index (χ2n) is 7.74. The highest BCUT2D eigenvalue weighted by Gasteiger charge is 2.31. The monoisotopic (exact) mass is 483 g/mol. The van der Waals surface area contributed by atoms with E-state index < -0.39 is 16.1 Å². The average Bonchev–Trinajstić information content (AvgIpc) is 3.66. The molecule has 4 rings (SSSR count). The number of hydrogen-bond acceptors (Lipinski definition) is 7. The number of benzene rings is 3. The second kappa shape index (κ2) is 10.6. The van der Waals surface area contributed by atoms with E-state index in [2.05, 4.69) is 0 Å². The van der Waals surface area contributed by atoms with Crippen LogP contribution in [0.3, 0.4) is 0 Å². The molecule has 9 heteroatoms. The number of carbonyl (C=O) groups is 1.